The zero-order valence-electron chi connectivity index (χ0n) is 29.0. The highest BCUT2D eigenvalue weighted by Crippen LogP contribution is 2.57. The van der Waals surface area contributed by atoms with Crippen LogP contribution in [0.5, 0.6) is 0 Å². The van der Waals surface area contributed by atoms with Crippen molar-refractivity contribution in [3.8, 4) is 59.2 Å². The number of hydrogen-bond donors (Lipinski definition) is 0. The summed E-state index contributed by atoms with van der Waals surface area (Å²) in [5.41, 5.74) is 5.24. The van der Waals surface area contributed by atoms with E-state index in [1.165, 1.54) is 0 Å². The van der Waals surface area contributed by atoms with Gasteiger partial charge >= 0.3 is 0 Å². The first-order chi connectivity index (χ1) is 21.1. The standard InChI is InChI=1S/C43H48O2/c1-11-13-15-17-32-27-33(18-16-14-12-2)29-34(28-32)19-20-35-30-37(22-24-41(6,7)8)38(31-36(35)21-23-40(3,4)5)39-44-42(9)25-26-43(42,10)45-39/h27-31,39H,11-14,25-26H2,1-10H3/t39?,42-,43+. The molecule has 2 fully saturated rings. The van der Waals surface area contributed by atoms with Gasteiger partial charge in [-0.25, -0.2) is 0 Å². The molecule has 1 aliphatic heterocycles. The molecule has 1 unspecified atom stereocenters. The third-order valence-corrected chi connectivity index (χ3v) is 8.01. The normalized spacial score (nSPS) is 21.5. The Morgan fingerprint density at radius 1 is 0.600 bits per heavy atom. The lowest BCUT2D eigenvalue weighted by Gasteiger charge is -2.47. The number of rotatable bonds is 3. The molecule has 2 aromatic carbocycles. The fourth-order valence-corrected chi connectivity index (χ4v) is 5.02. The van der Waals surface area contributed by atoms with Crippen molar-refractivity contribution in [1.29, 1.82) is 0 Å². The van der Waals surface area contributed by atoms with Gasteiger partial charge in [0.25, 0.3) is 0 Å². The molecule has 0 spiro atoms. The second-order valence-electron chi connectivity index (χ2n) is 14.7. The van der Waals surface area contributed by atoms with E-state index < -0.39 is 6.29 Å². The monoisotopic (exact) mass is 596 g/mol. The van der Waals surface area contributed by atoms with Gasteiger partial charge in [-0.05, 0) is 111 Å². The third kappa shape index (κ3) is 8.88. The molecule has 2 heteroatoms. The van der Waals surface area contributed by atoms with E-state index in [1.54, 1.807) is 0 Å². The van der Waals surface area contributed by atoms with E-state index in [9.17, 15) is 0 Å². The lowest BCUT2D eigenvalue weighted by molar-refractivity contribution is -0.108. The van der Waals surface area contributed by atoms with Crippen LogP contribution in [0, 0.1) is 70.0 Å². The molecule has 1 heterocycles. The molecule has 0 radical (unpaired) electrons. The number of ether oxygens (including phenoxy) is 2. The minimum atomic E-state index is -0.508. The molecule has 2 nitrogen and oxygen atoms in total. The Balaban J connectivity index is 1.88. The van der Waals surface area contributed by atoms with Crippen molar-refractivity contribution in [1.82, 2.24) is 0 Å². The molecule has 2 aromatic rings. The molecule has 0 amide bonds. The lowest BCUT2D eigenvalue weighted by Crippen LogP contribution is -2.56. The van der Waals surface area contributed by atoms with Crippen molar-refractivity contribution >= 4 is 0 Å². The Hall–Kier alpha value is -3.84. The van der Waals surface area contributed by atoms with E-state index in [0.717, 1.165) is 77.5 Å². The largest absolute Gasteiger partial charge is 0.339 e. The SMILES string of the molecule is CCCC#Cc1cc(C#CCCC)cc(C#Cc2cc(C#CC(C)(C)C)c(C3O[C@]4(C)CC[C@]4(C)O3)cc2C#CC(C)(C)C)c1. The molecular weight excluding hydrogens is 548 g/mol. The molecule has 232 valence electrons. The molecule has 45 heavy (non-hydrogen) atoms. The van der Waals surface area contributed by atoms with Crippen LogP contribution in [-0.4, -0.2) is 11.2 Å². The molecule has 3 atom stereocenters. The van der Waals surface area contributed by atoms with E-state index in [-0.39, 0.29) is 22.0 Å². The Morgan fingerprint density at radius 2 is 1.04 bits per heavy atom. The smallest absolute Gasteiger partial charge is 0.186 e. The summed E-state index contributed by atoms with van der Waals surface area (Å²) in [6.07, 6.45) is 5.23. The summed E-state index contributed by atoms with van der Waals surface area (Å²) in [5, 5.41) is 0. The van der Waals surface area contributed by atoms with Crippen molar-refractivity contribution in [2.45, 2.75) is 125 Å². The van der Waals surface area contributed by atoms with Crippen LogP contribution in [0.4, 0.5) is 0 Å². The first kappa shape index (κ1) is 34.0. The minimum absolute atomic E-state index is 0.170. The van der Waals surface area contributed by atoms with E-state index in [4.69, 9.17) is 9.47 Å². The summed E-state index contributed by atoms with van der Waals surface area (Å²) in [6.45, 7) is 21.3. The number of benzene rings is 2. The molecule has 1 saturated carbocycles. The quantitative estimate of drug-likeness (QED) is 0.329. The second-order valence-corrected chi connectivity index (χ2v) is 14.7. The average molecular weight is 597 g/mol. The first-order valence-electron chi connectivity index (χ1n) is 16.4. The highest BCUT2D eigenvalue weighted by Gasteiger charge is 2.62. The van der Waals surface area contributed by atoms with Crippen LogP contribution in [0.1, 0.15) is 153 Å². The summed E-state index contributed by atoms with van der Waals surface area (Å²) in [5.74, 6) is 33.8. The highest BCUT2D eigenvalue weighted by molar-refractivity contribution is 5.61. The van der Waals surface area contributed by atoms with Gasteiger partial charge in [-0.15, -0.1) is 0 Å². The van der Waals surface area contributed by atoms with Crippen LogP contribution < -0.4 is 0 Å². The fourth-order valence-electron chi connectivity index (χ4n) is 5.02. The Bertz CT molecular complexity index is 1690. The van der Waals surface area contributed by atoms with Crippen molar-refractivity contribution in [2.24, 2.45) is 10.8 Å². The Labute approximate surface area is 273 Å². The number of fused-ring (bicyclic) bond motifs is 1. The molecular formula is C43H48O2. The van der Waals surface area contributed by atoms with E-state index >= 15 is 0 Å². The third-order valence-electron chi connectivity index (χ3n) is 8.01. The van der Waals surface area contributed by atoms with Gasteiger partial charge in [0, 0.05) is 62.6 Å². The van der Waals surface area contributed by atoms with Gasteiger partial charge in [0.05, 0.1) is 11.2 Å². The molecule has 0 aromatic heterocycles. The number of hydrogen-bond acceptors (Lipinski definition) is 2. The maximum absolute atomic E-state index is 6.59. The maximum atomic E-state index is 6.59. The first-order valence-corrected chi connectivity index (χ1v) is 16.4. The second kappa shape index (κ2) is 13.7. The fraction of sp³-hybridized carbons (Fsp3) is 0.488. The Morgan fingerprint density at radius 3 is 1.49 bits per heavy atom. The Kier molecular flexibility index (Phi) is 10.3. The van der Waals surface area contributed by atoms with Crippen LogP contribution in [0.3, 0.4) is 0 Å². The molecule has 0 N–H and O–H groups in total. The average Bonchev–Trinajstić information content (AvgIpc) is 3.13. The van der Waals surface area contributed by atoms with Crippen LogP contribution >= 0.6 is 0 Å². The van der Waals surface area contributed by atoms with E-state index in [1.807, 2.05) is 12.1 Å². The van der Waals surface area contributed by atoms with Crippen molar-refractivity contribution in [3.05, 3.63) is 69.3 Å². The van der Waals surface area contributed by atoms with Gasteiger partial charge in [-0.2, -0.15) is 0 Å². The van der Waals surface area contributed by atoms with Crippen molar-refractivity contribution in [3.63, 3.8) is 0 Å². The minimum Gasteiger partial charge on any atom is -0.339 e. The maximum Gasteiger partial charge on any atom is 0.186 e. The lowest BCUT2D eigenvalue weighted by atomic mass is 9.68. The summed E-state index contributed by atoms with van der Waals surface area (Å²) < 4.78 is 13.2. The predicted molar refractivity (Wildman–Crippen MR) is 186 cm³/mol. The molecule has 1 saturated heterocycles. The van der Waals surface area contributed by atoms with Gasteiger partial charge < -0.3 is 9.47 Å². The van der Waals surface area contributed by atoms with Gasteiger partial charge in [0.15, 0.2) is 6.29 Å². The van der Waals surface area contributed by atoms with Crippen LogP contribution in [0.2, 0.25) is 0 Å². The molecule has 4 rings (SSSR count). The van der Waals surface area contributed by atoms with E-state index in [2.05, 4.69) is 147 Å². The van der Waals surface area contributed by atoms with Crippen molar-refractivity contribution < 1.29 is 9.47 Å². The van der Waals surface area contributed by atoms with Gasteiger partial charge in [0.2, 0.25) is 0 Å². The van der Waals surface area contributed by atoms with Gasteiger partial charge in [-0.3, -0.25) is 0 Å². The van der Waals surface area contributed by atoms with Crippen LogP contribution in [0.15, 0.2) is 30.3 Å². The predicted octanol–water partition coefficient (Wildman–Crippen LogP) is 9.54. The summed E-state index contributed by atoms with van der Waals surface area (Å²) in [6, 6.07) is 10.3. The summed E-state index contributed by atoms with van der Waals surface area (Å²) in [7, 11) is 0. The van der Waals surface area contributed by atoms with Gasteiger partial charge in [-0.1, -0.05) is 73.1 Å². The van der Waals surface area contributed by atoms with Crippen LogP contribution in [0.25, 0.3) is 0 Å². The topological polar surface area (TPSA) is 18.5 Å². The van der Waals surface area contributed by atoms with Gasteiger partial charge in [0.1, 0.15) is 0 Å². The summed E-state index contributed by atoms with van der Waals surface area (Å²) in [4.78, 5) is 0. The molecule has 1 aliphatic carbocycles. The van der Waals surface area contributed by atoms with E-state index in [0.29, 0.717) is 0 Å². The molecule has 2 aliphatic rings. The van der Waals surface area contributed by atoms with Crippen LogP contribution in [-0.2, 0) is 9.47 Å². The zero-order chi connectivity index (χ0) is 32.9. The number of unbranched alkanes of at least 4 members (excludes halogenated alkanes) is 2. The molecule has 0 bridgehead atoms. The highest BCUT2D eigenvalue weighted by atomic mass is 16.8. The summed E-state index contributed by atoms with van der Waals surface area (Å²) >= 11 is 0. The zero-order valence-corrected chi connectivity index (χ0v) is 29.0. The van der Waals surface area contributed by atoms with Crippen molar-refractivity contribution in [2.75, 3.05) is 0 Å².